The van der Waals surface area contributed by atoms with E-state index in [4.69, 9.17) is 4.98 Å². The number of rotatable bonds is 7. The number of carbonyl (C=O) groups excluding carboxylic acids is 1. The van der Waals surface area contributed by atoms with E-state index in [-0.39, 0.29) is 23.2 Å². The highest BCUT2D eigenvalue weighted by Gasteiger charge is 2.28. The number of hydrogen-bond donors (Lipinski definition) is 0. The van der Waals surface area contributed by atoms with Crippen molar-refractivity contribution in [1.29, 1.82) is 0 Å². The van der Waals surface area contributed by atoms with E-state index in [0.717, 1.165) is 28.6 Å². The monoisotopic (exact) mass is 508 g/mol. The van der Waals surface area contributed by atoms with Crippen molar-refractivity contribution in [3.05, 3.63) is 53.6 Å². The Morgan fingerprint density at radius 1 is 1.06 bits per heavy atom. The van der Waals surface area contributed by atoms with E-state index in [1.54, 1.807) is 17.0 Å². The number of carbonyl (C=O) groups is 1. The van der Waals surface area contributed by atoms with E-state index in [1.807, 2.05) is 44.1 Å². The van der Waals surface area contributed by atoms with Gasteiger partial charge in [0.15, 0.2) is 5.13 Å². The highest BCUT2D eigenvalue weighted by molar-refractivity contribution is 7.89. The summed E-state index contributed by atoms with van der Waals surface area (Å²) in [6.07, 6.45) is 1.77. The van der Waals surface area contributed by atoms with Gasteiger partial charge >= 0.3 is 0 Å². The van der Waals surface area contributed by atoms with Crippen LogP contribution in [-0.4, -0.2) is 68.8 Å². The normalized spacial score (nSPS) is 14.5. The average Bonchev–Trinajstić information content (AvgIpc) is 3.45. The Morgan fingerprint density at radius 3 is 2.33 bits per heavy atom. The largest absolute Gasteiger partial charge is 0.308 e. The number of sulfonamides is 1. The van der Waals surface area contributed by atoms with Crippen molar-refractivity contribution in [2.24, 2.45) is 0 Å². The second kappa shape index (κ2) is 10.5. The highest BCUT2D eigenvalue weighted by Crippen LogP contribution is 2.31. The summed E-state index contributed by atoms with van der Waals surface area (Å²) in [5.74, 6) is -0.186. The standard InChI is InChI=1S/C23H28N4O3S2.ClH/c1-17-7-6-8-20-21(17)24-23(31-20)27(16-15-25(2)3)22(28)18-9-11-19(12-10-18)32(29,30)26-13-4-5-14-26;/h6-12H,4-5,13-16H2,1-3H3;1H. The first kappa shape index (κ1) is 25.6. The van der Waals surface area contributed by atoms with Crippen molar-refractivity contribution in [2.45, 2.75) is 24.7 Å². The SMILES string of the molecule is Cc1cccc2sc(N(CCN(C)C)C(=O)c3ccc(S(=O)(=O)N4CCCC4)cc3)nc12.Cl. The molecule has 1 saturated heterocycles. The van der Waals surface area contributed by atoms with E-state index >= 15 is 0 Å². The summed E-state index contributed by atoms with van der Waals surface area (Å²) >= 11 is 1.49. The maximum atomic E-state index is 13.5. The van der Waals surface area contributed by atoms with Crippen molar-refractivity contribution in [1.82, 2.24) is 14.2 Å². The molecular formula is C23H29ClN4O3S2. The molecule has 0 radical (unpaired) electrons. The third-order valence-corrected chi connectivity index (χ3v) is 8.62. The number of benzene rings is 2. The molecule has 33 heavy (non-hydrogen) atoms. The molecule has 0 bridgehead atoms. The lowest BCUT2D eigenvalue weighted by Gasteiger charge is -2.22. The molecule has 1 aromatic heterocycles. The summed E-state index contributed by atoms with van der Waals surface area (Å²) in [6, 6.07) is 12.3. The fourth-order valence-electron chi connectivity index (χ4n) is 3.78. The molecule has 0 N–H and O–H groups in total. The Morgan fingerprint density at radius 2 is 1.73 bits per heavy atom. The van der Waals surface area contributed by atoms with E-state index in [0.29, 0.717) is 36.9 Å². The zero-order valence-corrected chi connectivity index (χ0v) is 21.5. The topological polar surface area (TPSA) is 73.8 Å². The molecule has 0 spiro atoms. The number of fused-ring (bicyclic) bond motifs is 1. The van der Waals surface area contributed by atoms with Crippen molar-refractivity contribution in [3.8, 4) is 0 Å². The molecule has 1 aliphatic heterocycles. The van der Waals surface area contributed by atoms with Crippen LogP contribution in [0.1, 0.15) is 28.8 Å². The van der Waals surface area contributed by atoms with Crippen molar-refractivity contribution < 1.29 is 13.2 Å². The summed E-state index contributed by atoms with van der Waals surface area (Å²) in [7, 11) is 0.417. The Kier molecular flexibility index (Phi) is 8.13. The molecule has 0 unspecified atom stereocenters. The molecule has 7 nitrogen and oxygen atoms in total. The fraction of sp³-hybridized carbons (Fsp3) is 0.391. The van der Waals surface area contributed by atoms with E-state index in [1.165, 1.54) is 27.8 Å². The van der Waals surface area contributed by atoms with Gasteiger partial charge in [-0.05, 0) is 69.8 Å². The summed E-state index contributed by atoms with van der Waals surface area (Å²) < 4.78 is 28.1. The summed E-state index contributed by atoms with van der Waals surface area (Å²) in [5.41, 5.74) is 2.42. The second-order valence-electron chi connectivity index (χ2n) is 8.31. The number of anilines is 1. The van der Waals surface area contributed by atoms with Gasteiger partial charge in [-0.15, -0.1) is 12.4 Å². The zero-order chi connectivity index (χ0) is 22.9. The van der Waals surface area contributed by atoms with Gasteiger partial charge in [-0.1, -0.05) is 23.5 Å². The molecule has 0 atom stereocenters. The Bertz CT molecular complexity index is 1220. The molecule has 10 heteroatoms. The number of para-hydroxylation sites is 1. The van der Waals surface area contributed by atoms with Gasteiger partial charge in [0.2, 0.25) is 10.0 Å². The minimum Gasteiger partial charge on any atom is -0.308 e. The van der Waals surface area contributed by atoms with E-state index in [2.05, 4.69) is 0 Å². The van der Waals surface area contributed by atoms with Crippen molar-refractivity contribution >= 4 is 55.0 Å². The lowest BCUT2D eigenvalue weighted by molar-refractivity contribution is 0.0985. The molecule has 2 heterocycles. The molecule has 178 valence electrons. The minimum atomic E-state index is -3.51. The van der Waals surface area contributed by atoms with E-state index < -0.39 is 10.0 Å². The lowest BCUT2D eigenvalue weighted by Crippen LogP contribution is -2.36. The van der Waals surface area contributed by atoms with Gasteiger partial charge in [0.1, 0.15) is 0 Å². The molecular weight excluding hydrogens is 480 g/mol. The molecule has 1 amide bonds. The van der Waals surface area contributed by atoms with Gasteiger partial charge in [0.05, 0.1) is 15.1 Å². The molecule has 3 aromatic rings. The smallest absolute Gasteiger partial charge is 0.260 e. The Labute approximate surface area is 205 Å². The summed E-state index contributed by atoms with van der Waals surface area (Å²) in [5, 5.41) is 0.648. The van der Waals surface area contributed by atoms with Crippen LogP contribution in [0.2, 0.25) is 0 Å². The first-order valence-electron chi connectivity index (χ1n) is 10.7. The third kappa shape index (κ3) is 5.38. The van der Waals surface area contributed by atoms with Crippen LogP contribution in [0.5, 0.6) is 0 Å². The van der Waals surface area contributed by atoms with Gasteiger partial charge in [-0.25, -0.2) is 13.4 Å². The van der Waals surface area contributed by atoms with Crippen LogP contribution >= 0.6 is 23.7 Å². The fourth-order valence-corrected chi connectivity index (χ4v) is 6.36. The van der Waals surface area contributed by atoms with Gasteiger partial charge in [0, 0.05) is 31.7 Å². The molecule has 0 aliphatic carbocycles. The van der Waals surface area contributed by atoms with Crippen LogP contribution in [-0.2, 0) is 10.0 Å². The summed E-state index contributed by atoms with van der Waals surface area (Å²) in [4.78, 5) is 22.1. The lowest BCUT2D eigenvalue weighted by atomic mass is 10.2. The zero-order valence-electron chi connectivity index (χ0n) is 19.0. The van der Waals surface area contributed by atoms with Crippen molar-refractivity contribution in [2.75, 3.05) is 45.2 Å². The van der Waals surface area contributed by atoms with Crippen LogP contribution in [0.15, 0.2) is 47.4 Å². The Hall–Kier alpha value is -2.04. The van der Waals surface area contributed by atoms with Gasteiger partial charge in [0.25, 0.3) is 5.91 Å². The van der Waals surface area contributed by atoms with Gasteiger partial charge in [-0.3, -0.25) is 9.69 Å². The predicted octanol–water partition coefficient (Wildman–Crippen LogP) is 4.02. The van der Waals surface area contributed by atoms with Crippen LogP contribution in [0.3, 0.4) is 0 Å². The number of thiazole rings is 1. The number of hydrogen-bond acceptors (Lipinski definition) is 6. The number of nitrogens with zero attached hydrogens (tertiary/aromatic N) is 4. The Balaban J connectivity index is 0.00000306. The number of aromatic nitrogens is 1. The molecule has 1 aliphatic rings. The van der Waals surface area contributed by atoms with Crippen LogP contribution in [0, 0.1) is 6.92 Å². The average molecular weight is 509 g/mol. The van der Waals surface area contributed by atoms with Crippen LogP contribution in [0.25, 0.3) is 10.2 Å². The van der Waals surface area contributed by atoms with Gasteiger partial charge in [-0.2, -0.15) is 4.31 Å². The maximum Gasteiger partial charge on any atom is 0.260 e. The van der Waals surface area contributed by atoms with Crippen molar-refractivity contribution in [3.63, 3.8) is 0 Å². The first-order valence-corrected chi connectivity index (χ1v) is 13.0. The first-order chi connectivity index (χ1) is 15.3. The molecule has 0 saturated carbocycles. The number of halogens is 1. The van der Waals surface area contributed by atoms with Crippen LogP contribution in [0.4, 0.5) is 5.13 Å². The number of likely N-dealkylation sites (N-methyl/N-ethyl adjacent to an activating group) is 1. The summed E-state index contributed by atoms with van der Waals surface area (Å²) in [6.45, 7) is 4.29. The molecule has 1 fully saturated rings. The third-order valence-electron chi connectivity index (χ3n) is 5.66. The minimum absolute atomic E-state index is 0. The van der Waals surface area contributed by atoms with Gasteiger partial charge < -0.3 is 4.90 Å². The maximum absolute atomic E-state index is 13.5. The quantitative estimate of drug-likeness (QED) is 0.482. The van der Waals surface area contributed by atoms with E-state index in [9.17, 15) is 13.2 Å². The van der Waals surface area contributed by atoms with Crippen LogP contribution < -0.4 is 4.90 Å². The molecule has 2 aromatic carbocycles. The second-order valence-corrected chi connectivity index (χ2v) is 11.3. The predicted molar refractivity (Wildman–Crippen MR) is 136 cm³/mol. The highest BCUT2D eigenvalue weighted by atomic mass is 35.5. The molecule has 4 rings (SSSR count). The number of amides is 1. The number of aryl methyl sites for hydroxylation is 1.